The van der Waals surface area contributed by atoms with Crippen LogP contribution in [-0.4, -0.2) is 53.0 Å². The van der Waals surface area contributed by atoms with Gasteiger partial charge in [-0.05, 0) is 45.6 Å². The number of aromatic nitrogens is 3. The zero-order chi connectivity index (χ0) is 20.8. The number of rotatable bonds is 7. The fourth-order valence-corrected chi connectivity index (χ4v) is 2.81. The van der Waals surface area contributed by atoms with E-state index in [9.17, 15) is 14.9 Å². The minimum Gasteiger partial charge on any atom is -0.382 e. The van der Waals surface area contributed by atoms with E-state index in [0.717, 1.165) is 6.54 Å². The van der Waals surface area contributed by atoms with Crippen molar-refractivity contribution >= 4 is 23.2 Å². The maximum atomic E-state index is 13.1. The molecule has 2 rings (SSSR count). The highest BCUT2D eigenvalue weighted by atomic mass is 16.2. The second kappa shape index (κ2) is 8.96. The third-order valence-electron chi connectivity index (χ3n) is 4.15. The summed E-state index contributed by atoms with van der Waals surface area (Å²) in [5, 5.41) is 14.7. The Balaban J connectivity index is 2.54. The summed E-state index contributed by atoms with van der Waals surface area (Å²) >= 11 is 0. The fourth-order valence-electron chi connectivity index (χ4n) is 2.81. The van der Waals surface area contributed by atoms with Crippen molar-refractivity contribution in [1.29, 1.82) is 5.26 Å². The second-order valence-electron chi connectivity index (χ2n) is 6.50. The zero-order valence-electron chi connectivity index (χ0n) is 16.4. The molecule has 0 atom stereocenters. The fraction of sp³-hybridized carbons (Fsp3) is 0.389. The number of aryl methyl sites for hydroxylation is 1. The molecule has 2 aromatic heterocycles. The number of carbonyl (C=O) groups is 1. The third kappa shape index (κ3) is 4.44. The zero-order valence-corrected chi connectivity index (χ0v) is 16.4. The Hall–Kier alpha value is -3.45. The van der Waals surface area contributed by atoms with Crippen molar-refractivity contribution in [3.63, 3.8) is 0 Å². The summed E-state index contributed by atoms with van der Waals surface area (Å²) in [5.41, 5.74) is 6.49. The number of anilines is 3. The lowest BCUT2D eigenvalue weighted by molar-refractivity contribution is 0.0951. The van der Waals surface area contributed by atoms with E-state index in [4.69, 9.17) is 5.73 Å². The van der Waals surface area contributed by atoms with Gasteiger partial charge in [-0.25, -0.2) is 9.97 Å². The smallest absolute Gasteiger partial charge is 0.274 e. The average Bonchev–Trinajstić information content (AvgIpc) is 2.64. The number of amides is 1. The van der Waals surface area contributed by atoms with Gasteiger partial charge in [0.25, 0.3) is 11.5 Å². The van der Waals surface area contributed by atoms with Crippen LogP contribution in [-0.2, 0) is 6.54 Å². The van der Waals surface area contributed by atoms with Gasteiger partial charge in [-0.3, -0.25) is 9.59 Å². The Morgan fingerprint density at radius 2 is 2.11 bits per heavy atom. The molecule has 0 unspecified atom stereocenters. The van der Waals surface area contributed by atoms with Gasteiger partial charge in [0.15, 0.2) is 5.82 Å². The van der Waals surface area contributed by atoms with Crippen molar-refractivity contribution in [2.75, 3.05) is 38.7 Å². The lowest BCUT2D eigenvalue weighted by Crippen LogP contribution is -2.33. The van der Waals surface area contributed by atoms with Gasteiger partial charge in [0.2, 0.25) is 0 Å². The molecule has 2 aromatic rings. The van der Waals surface area contributed by atoms with Crippen LogP contribution < -0.4 is 21.9 Å². The molecule has 0 bridgehead atoms. The normalized spacial score (nSPS) is 10.6. The lowest BCUT2D eigenvalue weighted by atomic mass is 10.1. The first-order valence-corrected chi connectivity index (χ1v) is 8.69. The summed E-state index contributed by atoms with van der Waals surface area (Å²) in [6, 6.07) is 3.49. The molecule has 10 heteroatoms. The van der Waals surface area contributed by atoms with Crippen LogP contribution in [0.1, 0.15) is 28.0 Å². The molecule has 10 nitrogen and oxygen atoms in total. The molecular formula is C18H24N8O2. The maximum Gasteiger partial charge on any atom is 0.274 e. The topological polar surface area (TPSA) is 142 Å². The molecule has 0 aliphatic rings. The number of nitrogen functional groups attached to an aromatic ring is 1. The Bertz CT molecular complexity index is 975. The van der Waals surface area contributed by atoms with Crippen LogP contribution in [0.2, 0.25) is 0 Å². The van der Waals surface area contributed by atoms with Crippen LogP contribution in [0.3, 0.4) is 0 Å². The molecule has 0 aromatic carbocycles. The Labute approximate surface area is 163 Å². The first-order chi connectivity index (χ1) is 13.3. The monoisotopic (exact) mass is 384 g/mol. The van der Waals surface area contributed by atoms with E-state index in [2.05, 4.69) is 20.6 Å². The number of nitrogens with zero attached hydrogens (tertiary/aromatic N) is 5. The van der Waals surface area contributed by atoms with Gasteiger partial charge in [0.05, 0.1) is 0 Å². The van der Waals surface area contributed by atoms with E-state index in [-0.39, 0.29) is 34.4 Å². The van der Waals surface area contributed by atoms with Crippen LogP contribution in [0, 0.1) is 18.3 Å². The SMILES string of the molecule is CNC(=O)c1c(C)cc(Nc2ncnc(N)c2C#N)c(=O)n1CCCN(C)C. The summed E-state index contributed by atoms with van der Waals surface area (Å²) < 4.78 is 1.44. The Kier molecular flexibility index (Phi) is 6.68. The van der Waals surface area contributed by atoms with Crippen molar-refractivity contribution < 1.29 is 4.79 Å². The number of carbonyl (C=O) groups excluding carboxylic acids is 1. The van der Waals surface area contributed by atoms with Crippen molar-refractivity contribution in [2.24, 2.45) is 0 Å². The summed E-state index contributed by atoms with van der Waals surface area (Å²) in [6.45, 7) is 2.88. The Morgan fingerprint density at radius 1 is 1.39 bits per heavy atom. The van der Waals surface area contributed by atoms with E-state index in [1.54, 1.807) is 13.0 Å². The van der Waals surface area contributed by atoms with E-state index < -0.39 is 0 Å². The summed E-state index contributed by atoms with van der Waals surface area (Å²) in [7, 11) is 5.40. The molecule has 0 spiro atoms. The number of nitriles is 1. The van der Waals surface area contributed by atoms with E-state index in [0.29, 0.717) is 24.2 Å². The molecule has 2 heterocycles. The highest BCUT2D eigenvalue weighted by Crippen LogP contribution is 2.20. The third-order valence-corrected chi connectivity index (χ3v) is 4.15. The van der Waals surface area contributed by atoms with Gasteiger partial charge >= 0.3 is 0 Å². The maximum absolute atomic E-state index is 13.1. The van der Waals surface area contributed by atoms with Crippen LogP contribution in [0.15, 0.2) is 17.2 Å². The molecule has 0 radical (unpaired) electrons. The lowest BCUT2D eigenvalue weighted by Gasteiger charge is -2.18. The van der Waals surface area contributed by atoms with E-state index in [1.165, 1.54) is 17.9 Å². The van der Waals surface area contributed by atoms with Crippen molar-refractivity contribution in [3.05, 3.63) is 39.6 Å². The molecule has 1 amide bonds. The minimum atomic E-state index is -0.385. The highest BCUT2D eigenvalue weighted by molar-refractivity contribution is 5.94. The summed E-state index contributed by atoms with van der Waals surface area (Å²) in [5.74, 6) is -0.181. The second-order valence-corrected chi connectivity index (χ2v) is 6.50. The number of hydrogen-bond acceptors (Lipinski definition) is 8. The van der Waals surface area contributed by atoms with Crippen LogP contribution in [0.5, 0.6) is 0 Å². The Morgan fingerprint density at radius 3 is 2.71 bits per heavy atom. The summed E-state index contributed by atoms with van der Waals surface area (Å²) in [6.07, 6.45) is 1.89. The first kappa shape index (κ1) is 20.9. The molecule has 4 N–H and O–H groups in total. The number of hydrogen-bond donors (Lipinski definition) is 3. The van der Waals surface area contributed by atoms with E-state index >= 15 is 0 Å². The molecular weight excluding hydrogens is 360 g/mol. The first-order valence-electron chi connectivity index (χ1n) is 8.69. The van der Waals surface area contributed by atoms with Crippen molar-refractivity contribution in [3.8, 4) is 6.07 Å². The highest BCUT2D eigenvalue weighted by Gasteiger charge is 2.19. The van der Waals surface area contributed by atoms with Gasteiger partial charge in [-0.2, -0.15) is 5.26 Å². The summed E-state index contributed by atoms with van der Waals surface area (Å²) in [4.78, 5) is 35.2. The van der Waals surface area contributed by atoms with Crippen molar-refractivity contribution in [1.82, 2.24) is 24.8 Å². The van der Waals surface area contributed by atoms with Crippen LogP contribution in [0.25, 0.3) is 0 Å². The molecule has 148 valence electrons. The van der Waals surface area contributed by atoms with Crippen LogP contribution in [0.4, 0.5) is 17.3 Å². The molecule has 28 heavy (non-hydrogen) atoms. The van der Waals surface area contributed by atoms with Crippen molar-refractivity contribution in [2.45, 2.75) is 19.9 Å². The number of nitrogens with one attached hydrogen (secondary N) is 2. The molecule has 0 saturated heterocycles. The predicted molar refractivity (Wildman–Crippen MR) is 106 cm³/mol. The van der Waals surface area contributed by atoms with Gasteiger partial charge in [-0.15, -0.1) is 0 Å². The number of pyridine rings is 1. The average molecular weight is 384 g/mol. The van der Waals surface area contributed by atoms with Gasteiger partial charge < -0.3 is 25.8 Å². The van der Waals surface area contributed by atoms with Crippen LogP contribution >= 0.6 is 0 Å². The van der Waals surface area contributed by atoms with Gasteiger partial charge in [0, 0.05) is 13.6 Å². The molecule has 0 fully saturated rings. The largest absolute Gasteiger partial charge is 0.382 e. The molecule has 0 saturated carbocycles. The standard InChI is InChI=1S/C18H24N8O2/c1-11-8-13(24-16-12(9-19)15(20)22-10-23-16)18(28)26(7-5-6-25(3)4)14(11)17(27)21-2/h8,10H,5-7H2,1-4H3,(H,21,27)(H3,20,22,23,24). The molecule has 0 aliphatic heterocycles. The number of nitrogens with two attached hydrogens (primary N) is 1. The quantitative estimate of drug-likeness (QED) is 0.625. The van der Waals surface area contributed by atoms with Gasteiger partial charge in [0.1, 0.15) is 35.2 Å². The predicted octanol–water partition coefficient (Wildman–Crippen LogP) is 0.456. The van der Waals surface area contributed by atoms with E-state index in [1.807, 2.05) is 25.1 Å². The minimum absolute atomic E-state index is 0.0185. The van der Waals surface area contributed by atoms with Gasteiger partial charge in [-0.1, -0.05) is 0 Å². The molecule has 0 aliphatic carbocycles.